The molecule has 0 bridgehead atoms. The number of nitrogens with zero attached hydrogens (tertiary/aromatic N) is 1. The van der Waals surface area contributed by atoms with E-state index in [4.69, 9.17) is 11.6 Å². The highest BCUT2D eigenvalue weighted by atomic mass is 35.5. The third-order valence-electron chi connectivity index (χ3n) is 5.33. The molecule has 2 aromatic rings. The molecule has 3 atom stereocenters. The van der Waals surface area contributed by atoms with Gasteiger partial charge in [-0.2, -0.15) is 0 Å². The topological polar surface area (TPSA) is 3.24 Å². The van der Waals surface area contributed by atoms with Gasteiger partial charge in [-0.1, -0.05) is 48.0 Å². The Morgan fingerprint density at radius 3 is 2.67 bits per heavy atom. The molecule has 1 heterocycles. The Morgan fingerprint density at radius 1 is 1.05 bits per heavy atom. The lowest BCUT2D eigenvalue weighted by Gasteiger charge is -2.37. The van der Waals surface area contributed by atoms with Gasteiger partial charge >= 0.3 is 0 Å². The first kappa shape index (κ1) is 13.4. The van der Waals surface area contributed by atoms with Crippen molar-refractivity contribution in [2.75, 3.05) is 13.6 Å². The van der Waals surface area contributed by atoms with Crippen LogP contribution in [0.4, 0.5) is 0 Å². The monoisotopic (exact) mass is 297 g/mol. The molecule has 0 saturated carbocycles. The van der Waals surface area contributed by atoms with E-state index in [0.29, 0.717) is 17.9 Å². The van der Waals surface area contributed by atoms with E-state index < -0.39 is 0 Å². The molecule has 1 nitrogen and oxygen atoms in total. The maximum atomic E-state index is 6.29. The molecule has 1 fully saturated rings. The highest BCUT2D eigenvalue weighted by molar-refractivity contribution is 6.30. The third kappa shape index (κ3) is 2.20. The second kappa shape index (κ2) is 5.15. The van der Waals surface area contributed by atoms with E-state index in [-0.39, 0.29) is 0 Å². The number of rotatable bonds is 1. The van der Waals surface area contributed by atoms with E-state index in [2.05, 4.69) is 60.5 Å². The van der Waals surface area contributed by atoms with Gasteiger partial charge in [-0.25, -0.2) is 0 Å². The summed E-state index contributed by atoms with van der Waals surface area (Å²) < 4.78 is 0. The summed E-state index contributed by atoms with van der Waals surface area (Å²) in [6.07, 6.45) is 2.48. The fourth-order valence-corrected chi connectivity index (χ4v) is 4.45. The van der Waals surface area contributed by atoms with E-state index in [1.165, 1.54) is 36.1 Å². The Hall–Kier alpha value is -1.31. The lowest BCUT2D eigenvalue weighted by atomic mass is 9.71. The molecule has 108 valence electrons. The van der Waals surface area contributed by atoms with Gasteiger partial charge in [-0.05, 0) is 55.3 Å². The van der Waals surface area contributed by atoms with Crippen LogP contribution < -0.4 is 0 Å². The van der Waals surface area contributed by atoms with Crippen molar-refractivity contribution in [2.45, 2.75) is 30.7 Å². The second-order valence-corrected chi connectivity index (χ2v) is 6.85. The van der Waals surface area contributed by atoms with E-state index in [1.807, 2.05) is 0 Å². The fraction of sp³-hybridized carbons (Fsp3) is 0.368. The van der Waals surface area contributed by atoms with Gasteiger partial charge in [-0.3, -0.25) is 0 Å². The van der Waals surface area contributed by atoms with Crippen LogP contribution in [-0.2, 0) is 0 Å². The molecule has 2 aliphatic rings. The minimum atomic E-state index is 0.474. The van der Waals surface area contributed by atoms with Crippen molar-refractivity contribution in [3.8, 4) is 0 Å². The van der Waals surface area contributed by atoms with Gasteiger partial charge in [0.2, 0.25) is 0 Å². The fourth-order valence-electron chi connectivity index (χ4n) is 4.27. The predicted octanol–water partition coefficient (Wildman–Crippen LogP) is 4.66. The molecule has 4 rings (SSSR count). The van der Waals surface area contributed by atoms with Gasteiger partial charge in [0.1, 0.15) is 0 Å². The first-order valence-electron chi connectivity index (χ1n) is 7.78. The number of likely N-dealkylation sites (N-methyl/N-ethyl adjacent to an activating group) is 1. The van der Waals surface area contributed by atoms with Crippen LogP contribution in [0.2, 0.25) is 5.02 Å². The molecule has 1 aliphatic heterocycles. The molecular formula is C19H20ClN. The zero-order valence-corrected chi connectivity index (χ0v) is 13.1. The highest BCUT2D eigenvalue weighted by Gasteiger charge is 2.40. The van der Waals surface area contributed by atoms with Crippen molar-refractivity contribution >= 4 is 11.6 Å². The van der Waals surface area contributed by atoms with Crippen LogP contribution in [0.3, 0.4) is 0 Å². The number of benzene rings is 2. The van der Waals surface area contributed by atoms with Crippen LogP contribution in [-0.4, -0.2) is 24.5 Å². The summed E-state index contributed by atoms with van der Waals surface area (Å²) in [5.41, 5.74) is 4.39. The van der Waals surface area contributed by atoms with Gasteiger partial charge in [0, 0.05) is 22.9 Å². The number of fused-ring (bicyclic) bond motifs is 3. The molecule has 21 heavy (non-hydrogen) atoms. The lowest BCUT2D eigenvalue weighted by Crippen LogP contribution is -2.34. The number of likely N-dealkylation sites (tertiary alicyclic amines) is 1. The molecule has 0 radical (unpaired) electrons. The Kier molecular flexibility index (Phi) is 3.28. The normalized spacial score (nSPS) is 28.2. The van der Waals surface area contributed by atoms with Crippen molar-refractivity contribution in [3.05, 3.63) is 70.2 Å². The maximum absolute atomic E-state index is 6.29. The molecule has 2 aromatic carbocycles. The van der Waals surface area contributed by atoms with Gasteiger partial charge < -0.3 is 4.90 Å². The summed E-state index contributed by atoms with van der Waals surface area (Å²) in [6, 6.07) is 18.1. The van der Waals surface area contributed by atoms with Crippen LogP contribution in [0.25, 0.3) is 0 Å². The quantitative estimate of drug-likeness (QED) is 0.740. The van der Waals surface area contributed by atoms with Gasteiger partial charge in [-0.15, -0.1) is 0 Å². The Bertz CT molecular complexity index is 652. The summed E-state index contributed by atoms with van der Waals surface area (Å²) >= 11 is 6.29. The second-order valence-electron chi connectivity index (χ2n) is 6.42. The summed E-state index contributed by atoms with van der Waals surface area (Å²) in [5, 5.41) is 0.861. The zero-order valence-electron chi connectivity index (χ0n) is 12.3. The SMILES string of the molecule is CN1CCC2c3ccc(Cl)cc3C(c3ccccc3)CC21. The molecular weight excluding hydrogens is 278 g/mol. The van der Waals surface area contributed by atoms with Crippen molar-refractivity contribution in [2.24, 2.45) is 0 Å². The van der Waals surface area contributed by atoms with Crippen LogP contribution >= 0.6 is 11.6 Å². The van der Waals surface area contributed by atoms with Crippen LogP contribution in [0.15, 0.2) is 48.5 Å². The van der Waals surface area contributed by atoms with Crippen molar-refractivity contribution in [3.63, 3.8) is 0 Å². The minimum Gasteiger partial charge on any atom is -0.303 e. The molecule has 1 saturated heterocycles. The van der Waals surface area contributed by atoms with Gasteiger partial charge in [0.25, 0.3) is 0 Å². The molecule has 0 aromatic heterocycles. The van der Waals surface area contributed by atoms with Gasteiger partial charge in [0.05, 0.1) is 0 Å². The number of halogens is 1. The summed E-state index contributed by atoms with van der Waals surface area (Å²) in [7, 11) is 2.27. The standard InChI is InChI=1S/C19H20ClN/c1-21-10-9-16-15-8-7-14(20)11-18(15)17(12-19(16)21)13-5-3-2-4-6-13/h2-8,11,16-17,19H,9-10,12H2,1H3. The lowest BCUT2D eigenvalue weighted by molar-refractivity contribution is 0.265. The molecule has 2 heteroatoms. The van der Waals surface area contributed by atoms with Crippen LogP contribution in [0.5, 0.6) is 0 Å². The molecule has 3 unspecified atom stereocenters. The minimum absolute atomic E-state index is 0.474. The van der Waals surface area contributed by atoms with E-state index in [9.17, 15) is 0 Å². The van der Waals surface area contributed by atoms with Crippen LogP contribution in [0, 0.1) is 0 Å². The molecule has 0 spiro atoms. The Morgan fingerprint density at radius 2 is 1.86 bits per heavy atom. The summed E-state index contributed by atoms with van der Waals surface area (Å²) in [6.45, 7) is 1.21. The van der Waals surface area contributed by atoms with E-state index >= 15 is 0 Å². The van der Waals surface area contributed by atoms with Crippen molar-refractivity contribution in [1.82, 2.24) is 4.90 Å². The Balaban J connectivity index is 1.85. The molecule has 0 N–H and O–H groups in total. The van der Waals surface area contributed by atoms with Gasteiger partial charge in [0.15, 0.2) is 0 Å². The average Bonchev–Trinajstić information content (AvgIpc) is 2.88. The third-order valence-corrected chi connectivity index (χ3v) is 5.56. The highest BCUT2D eigenvalue weighted by Crippen LogP contribution is 2.48. The first-order chi connectivity index (χ1) is 10.2. The van der Waals surface area contributed by atoms with Crippen molar-refractivity contribution in [1.29, 1.82) is 0 Å². The maximum Gasteiger partial charge on any atom is 0.0409 e. The van der Waals surface area contributed by atoms with E-state index in [1.54, 1.807) is 0 Å². The van der Waals surface area contributed by atoms with E-state index in [0.717, 1.165) is 5.02 Å². The number of hydrogen-bond donors (Lipinski definition) is 0. The smallest absolute Gasteiger partial charge is 0.0409 e. The first-order valence-corrected chi connectivity index (χ1v) is 8.16. The molecule has 1 aliphatic carbocycles. The zero-order chi connectivity index (χ0) is 14.4. The Labute approximate surface area is 131 Å². The van der Waals surface area contributed by atoms with Crippen LogP contribution in [0.1, 0.15) is 41.4 Å². The summed E-state index contributed by atoms with van der Waals surface area (Å²) in [4.78, 5) is 2.54. The number of hydrogen-bond acceptors (Lipinski definition) is 1. The van der Waals surface area contributed by atoms with Crippen molar-refractivity contribution < 1.29 is 0 Å². The predicted molar refractivity (Wildman–Crippen MR) is 88.1 cm³/mol. The summed E-state index contributed by atoms with van der Waals surface area (Å²) in [5.74, 6) is 1.16. The average molecular weight is 298 g/mol. The molecule has 0 amide bonds. The largest absolute Gasteiger partial charge is 0.303 e.